The Morgan fingerprint density at radius 1 is 1.00 bits per heavy atom. The van der Waals surface area contributed by atoms with Crippen LogP contribution in [0.3, 0.4) is 0 Å². The van der Waals surface area contributed by atoms with Crippen LogP contribution < -0.4 is 19.1 Å². The van der Waals surface area contributed by atoms with E-state index in [1.165, 1.54) is 19.2 Å². The fraction of sp³-hybridized carbons (Fsp3) is 0.136. The minimum atomic E-state index is -3.73. The third kappa shape index (κ3) is 6.13. The van der Waals surface area contributed by atoms with Crippen molar-refractivity contribution in [2.24, 2.45) is 0 Å². The second-order valence-electron chi connectivity index (χ2n) is 6.58. The van der Waals surface area contributed by atoms with Crippen LogP contribution >= 0.6 is 11.6 Å². The van der Waals surface area contributed by atoms with Crippen LogP contribution in [0, 0.1) is 0 Å². The molecule has 0 radical (unpaired) electrons. The Labute approximate surface area is 186 Å². The second kappa shape index (κ2) is 9.72. The summed E-state index contributed by atoms with van der Waals surface area (Å²) in [6.45, 7) is -0.413. The molecular formula is C22H21ClN2O5S. The van der Waals surface area contributed by atoms with E-state index in [-0.39, 0.29) is 10.7 Å². The molecule has 0 unspecified atom stereocenters. The molecule has 3 aromatic carbocycles. The third-order valence-electron chi connectivity index (χ3n) is 4.23. The fourth-order valence-corrected chi connectivity index (χ4v) is 3.87. The van der Waals surface area contributed by atoms with E-state index in [1.807, 2.05) is 30.3 Å². The molecule has 0 aromatic heterocycles. The van der Waals surface area contributed by atoms with Crippen molar-refractivity contribution < 1.29 is 22.7 Å². The monoisotopic (exact) mass is 460 g/mol. The van der Waals surface area contributed by atoms with Gasteiger partial charge in [0, 0.05) is 5.69 Å². The first-order valence-electron chi connectivity index (χ1n) is 9.20. The van der Waals surface area contributed by atoms with E-state index in [9.17, 15) is 13.2 Å². The highest BCUT2D eigenvalue weighted by Gasteiger charge is 2.22. The van der Waals surface area contributed by atoms with Gasteiger partial charge < -0.3 is 14.8 Å². The van der Waals surface area contributed by atoms with Crippen LogP contribution in [0.5, 0.6) is 17.2 Å². The Balaban J connectivity index is 1.69. The van der Waals surface area contributed by atoms with Gasteiger partial charge in [0.2, 0.25) is 15.9 Å². The van der Waals surface area contributed by atoms with Gasteiger partial charge in [-0.3, -0.25) is 9.10 Å². The number of nitrogens with one attached hydrogen (secondary N) is 1. The molecule has 0 atom stereocenters. The van der Waals surface area contributed by atoms with Gasteiger partial charge >= 0.3 is 0 Å². The van der Waals surface area contributed by atoms with Crippen LogP contribution in [0.15, 0.2) is 72.8 Å². The molecule has 162 valence electrons. The van der Waals surface area contributed by atoms with Gasteiger partial charge in [-0.15, -0.1) is 0 Å². The Hall–Kier alpha value is -3.23. The number of para-hydroxylation sites is 1. The quantitative estimate of drug-likeness (QED) is 0.533. The number of sulfonamides is 1. The lowest BCUT2D eigenvalue weighted by Crippen LogP contribution is -2.37. The Morgan fingerprint density at radius 3 is 2.23 bits per heavy atom. The van der Waals surface area contributed by atoms with Crippen molar-refractivity contribution in [1.82, 2.24) is 0 Å². The maximum atomic E-state index is 12.5. The van der Waals surface area contributed by atoms with E-state index in [2.05, 4.69) is 5.32 Å². The minimum absolute atomic E-state index is 0.239. The van der Waals surface area contributed by atoms with Crippen LogP contribution in [0.1, 0.15) is 0 Å². The van der Waals surface area contributed by atoms with Crippen LogP contribution in [-0.2, 0) is 14.8 Å². The van der Waals surface area contributed by atoms with Crippen LogP contribution in [-0.4, -0.2) is 34.2 Å². The number of halogens is 1. The van der Waals surface area contributed by atoms with Gasteiger partial charge in [-0.05, 0) is 54.6 Å². The molecule has 0 aliphatic heterocycles. The van der Waals surface area contributed by atoms with Crippen molar-refractivity contribution in [2.75, 3.05) is 29.5 Å². The maximum absolute atomic E-state index is 12.5. The molecule has 31 heavy (non-hydrogen) atoms. The zero-order valence-corrected chi connectivity index (χ0v) is 18.5. The second-order valence-corrected chi connectivity index (χ2v) is 8.89. The first kappa shape index (κ1) is 22.5. The fourth-order valence-electron chi connectivity index (χ4n) is 2.77. The number of benzene rings is 3. The molecule has 0 heterocycles. The molecule has 0 saturated carbocycles. The summed E-state index contributed by atoms with van der Waals surface area (Å²) in [7, 11) is -2.27. The van der Waals surface area contributed by atoms with Crippen molar-refractivity contribution in [3.05, 3.63) is 77.8 Å². The lowest BCUT2D eigenvalue weighted by atomic mass is 10.3. The lowest BCUT2D eigenvalue weighted by molar-refractivity contribution is -0.114. The average Bonchev–Trinajstić information content (AvgIpc) is 2.73. The summed E-state index contributed by atoms with van der Waals surface area (Å²) >= 11 is 6.10. The number of ether oxygens (including phenoxy) is 2. The normalized spacial score (nSPS) is 10.9. The van der Waals surface area contributed by atoms with Gasteiger partial charge in [-0.2, -0.15) is 0 Å². The number of amides is 1. The van der Waals surface area contributed by atoms with E-state index in [1.54, 1.807) is 30.3 Å². The summed E-state index contributed by atoms with van der Waals surface area (Å²) in [5.74, 6) is 1.20. The summed E-state index contributed by atoms with van der Waals surface area (Å²) in [5.41, 5.74) is 0.765. The van der Waals surface area contributed by atoms with Crippen LogP contribution in [0.4, 0.5) is 11.4 Å². The SMILES string of the molecule is COc1ccc(N(CC(=O)Nc2ccc(Oc3ccccc3)cc2)S(C)(=O)=O)cc1Cl. The van der Waals surface area contributed by atoms with Gasteiger partial charge in [-0.25, -0.2) is 8.42 Å². The van der Waals surface area contributed by atoms with E-state index in [0.29, 0.717) is 22.9 Å². The first-order chi connectivity index (χ1) is 14.8. The number of rotatable bonds is 8. The molecule has 0 spiro atoms. The number of carbonyl (C=O) groups excluding carboxylic acids is 1. The maximum Gasteiger partial charge on any atom is 0.245 e. The largest absolute Gasteiger partial charge is 0.495 e. The van der Waals surface area contributed by atoms with Crippen molar-refractivity contribution in [1.29, 1.82) is 0 Å². The number of methoxy groups -OCH3 is 1. The van der Waals surface area contributed by atoms with Crippen molar-refractivity contribution in [3.8, 4) is 17.2 Å². The molecule has 9 heteroatoms. The zero-order valence-electron chi connectivity index (χ0n) is 16.9. The van der Waals surface area contributed by atoms with Gasteiger partial charge in [0.05, 0.1) is 24.1 Å². The van der Waals surface area contributed by atoms with E-state index in [0.717, 1.165) is 10.6 Å². The predicted molar refractivity (Wildman–Crippen MR) is 122 cm³/mol. The van der Waals surface area contributed by atoms with E-state index < -0.39 is 22.5 Å². The zero-order chi connectivity index (χ0) is 22.4. The molecule has 0 fully saturated rings. The summed E-state index contributed by atoms with van der Waals surface area (Å²) < 4.78 is 36.3. The minimum Gasteiger partial charge on any atom is -0.495 e. The van der Waals surface area contributed by atoms with Crippen LogP contribution in [0.25, 0.3) is 0 Å². The Bertz CT molecular complexity index is 1150. The molecule has 3 rings (SSSR count). The summed E-state index contributed by atoms with van der Waals surface area (Å²) in [6, 6.07) is 20.6. The highest BCUT2D eigenvalue weighted by Crippen LogP contribution is 2.30. The van der Waals surface area contributed by atoms with Crippen molar-refractivity contribution in [2.45, 2.75) is 0 Å². The van der Waals surface area contributed by atoms with Crippen LogP contribution in [0.2, 0.25) is 5.02 Å². The van der Waals surface area contributed by atoms with Gasteiger partial charge in [0.1, 0.15) is 23.8 Å². The van der Waals surface area contributed by atoms with Gasteiger partial charge in [0.15, 0.2) is 0 Å². The van der Waals surface area contributed by atoms with Gasteiger partial charge in [0.25, 0.3) is 0 Å². The third-order valence-corrected chi connectivity index (χ3v) is 5.66. The van der Waals surface area contributed by atoms with Gasteiger partial charge in [-0.1, -0.05) is 29.8 Å². The molecule has 7 nitrogen and oxygen atoms in total. The van der Waals surface area contributed by atoms with E-state index in [4.69, 9.17) is 21.1 Å². The average molecular weight is 461 g/mol. The van der Waals surface area contributed by atoms with Crippen molar-refractivity contribution >= 4 is 38.9 Å². The number of anilines is 2. The Morgan fingerprint density at radius 2 is 1.65 bits per heavy atom. The highest BCUT2D eigenvalue weighted by atomic mass is 35.5. The molecule has 1 N–H and O–H groups in total. The molecule has 0 bridgehead atoms. The molecule has 0 aliphatic rings. The lowest BCUT2D eigenvalue weighted by Gasteiger charge is -2.22. The van der Waals surface area contributed by atoms with Crippen molar-refractivity contribution in [3.63, 3.8) is 0 Å². The first-order valence-corrected chi connectivity index (χ1v) is 11.4. The molecule has 0 saturated heterocycles. The summed E-state index contributed by atoms with van der Waals surface area (Å²) in [5, 5.41) is 2.92. The number of nitrogens with zero attached hydrogens (tertiary/aromatic N) is 1. The number of carbonyl (C=O) groups is 1. The molecule has 3 aromatic rings. The standard InChI is InChI=1S/C22H21ClN2O5S/c1-29-21-13-10-17(14-20(21)23)25(31(2,27)28)15-22(26)24-16-8-11-19(12-9-16)30-18-6-4-3-5-7-18/h3-14H,15H2,1-2H3,(H,24,26). The smallest absolute Gasteiger partial charge is 0.245 e. The Kier molecular flexibility index (Phi) is 7.04. The summed E-state index contributed by atoms with van der Waals surface area (Å²) in [4.78, 5) is 12.5. The highest BCUT2D eigenvalue weighted by molar-refractivity contribution is 7.92. The summed E-state index contributed by atoms with van der Waals surface area (Å²) in [6.07, 6.45) is 1.02. The number of hydrogen-bond acceptors (Lipinski definition) is 5. The molecule has 1 amide bonds. The predicted octanol–water partition coefficient (Wildman–Crippen LogP) is 4.55. The topological polar surface area (TPSA) is 84.9 Å². The number of hydrogen-bond donors (Lipinski definition) is 1. The molecular weight excluding hydrogens is 440 g/mol. The van der Waals surface area contributed by atoms with E-state index >= 15 is 0 Å². The molecule has 0 aliphatic carbocycles.